The van der Waals surface area contributed by atoms with Crippen LogP contribution in [0.15, 0.2) is 18.2 Å². The highest BCUT2D eigenvalue weighted by Gasteiger charge is 2.10. The zero-order valence-electron chi connectivity index (χ0n) is 10.4. The van der Waals surface area contributed by atoms with Crippen LogP contribution < -0.4 is 10.1 Å². The number of rotatable bonds is 8. The van der Waals surface area contributed by atoms with E-state index < -0.39 is 6.61 Å². The Hall–Kier alpha value is -0.950. The number of hydrogen-bond acceptors (Lipinski definition) is 4. The number of nitrogens with one attached hydrogen (secondary N) is 1. The first-order valence-corrected chi connectivity index (χ1v) is 6.01. The summed E-state index contributed by atoms with van der Waals surface area (Å²) in [6.07, 6.45) is 0. The third-order valence-corrected chi connectivity index (χ3v) is 2.69. The lowest BCUT2D eigenvalue weighted by Crippen LogP contribution is -2.35. The van der Waals surface area contributed by atoms with Crippen molar-refractivity contribution in [3.05, 3.63) is 28.8 Å². The third-order valence-electron chi connectivity index (χ3n) is 2.40. The predicted octanol–water partition coefficient (Wildman–Crippen LogP) is 2.04. The summed E-state index contributed by atoms with van der Waals surface area (Å²) in [6, 6.07) is 4.35. The number of benzene rings is 1. The molecule has 0 saturated heterocycles. The molecule has 0 aliphatic rings. The number of alkyl halides is 2. The van der Waals surface area contributed by atoms with E-state index in [4.69, 9.17) is 21.4 Å². The summed E-state index contributed by atoms with van der Waals surface area (Å²) in [6.45, 7) is -2.16. The summed E-state index contributed by atoms with van der Waals surface area (Å²) in [7, 11) is 1.54. The molecule has 0 heterocycles. The summed E-state index contributed by atoms with van der Waals surface area (Å²) in [5, 5.41) is 12.2. The lowest BCUT2D eigenvalue weighted by Gasteiger charge is -2.15. The Morgan fingerprint density at radius 2 is 2.16 bits per heavy atom. The van der Waals surface area contributed by atoms with Gasteiger partial charge in [-0.15, -0.1) is 0 Å². The lowest BCUT2D eigenvalue weighted by molar-refractivity contribution is -0.0497. The molecular formula is C12H16ClF2NO3. The molecule has 0 aromatic heterocycles. The average Bonchev–Trinajstić information content (AvgIpc) is 2.37. The molecule has 1 aromatic carbocycles. The van der Waals surface area contributed by atoms with Gasteiger partial charge in [-0.2, -0.15) is 8.78 Å². The van der Waals surface area contributed by atoms with Crippen molar-refractivity contribution < 1.29 is 23.4 Å². The van der Waals surface area contributed by atoms with Crippen LogP contribution >= 0.6 is 11.6 Å². The normalized spacial score (nSPS) is 12.7. The molecule has 1 unspecified atom stereocenters. The molecule has 19 heavy (non-hydrogen) atoms. The fourth-order valence-corrected chi connectivity index (χ4v) is 1.73. The number of aliphatic hydroxyl groups excluding tert-OH is 1. The minimum Gasteiger partial charge on any atom is -0.433 e. The average molecular weight is 296 g/mol. The quantitative estimate of drug-likeness (QED) is 0.770. The van der Waals surface area contributed by atoms with Crippen LogP contribution in [0.2, 0.25) is 5.02 Å². The molecule has 2 N–H and O–H groups in total. The SMILES string of the molecule is COCC(CO)NCc1ccc(OC(F)F)c(Cl)c1. The third kappa shape index (κ3) is 5.69. The van der Waals surface area contributed by atoms with Gasteiger partial charge in [-0.1, -0.05) is 17.7 Å². The predicted molar refractivity (Wildman–Crippen MR) is 67.7 cm³/mol. The molecule has 0 aliphatic heterocycles. The van der Waals surface area contributed by atoms with Crippen molar-refractivity contribution in [1.29, 1.82) is 0 Å². The Morgan fingerprint density at radius 1 is 1.42 bits per heavy atom. The van der Waals surface area contributed by atoms with Gasteiger partial charge in [-0.3, -0.25) is 0 Å². The molecule has 0 radical (unpaired) electrons. The van der Waals surface area contributed by atoms with Gasteiger partial charge in [0, 0.05) is 13.7 Å². The van der Waals surface area contributed by atoms with Crippen molar-refractivity contribution in [2.45, 2.75) is 19.2 Å². The number of hydrogen-bond donors (Lipinski definition) is 2. The maximum atomic E-state index is 12.1. The van der Waals surface area contributed by atoms with E-state index in [1.165, 1.54) is 19.2 Å². The van der Waals surface area contributed by atoms with Gasteiger partial charge in [0.1, 0.15) is 5.75 Å². The van der Waals surface area contributed by atoms with E-state index in [1.807, 2.05) is 0 Å². The van der Waals surface area contributed by atoms with E-state index in [1.54, 1.807) is 6.07 Å². The molecule has 0 bridgehead atoms. The lowest BCUT2D eigenvalue weighted by atomic mass is 10.2. The molecule has 1 atom stereocenters. The second kappa shape index (κ2) is 8.27. The van der Waals surface area contributed by atoms with Gasteiger partial charge in [0.2, 0.25) is 0 Å². The smallest absolute Gasteiger partial charge is 0.387 e. The van der Waals surface area contributed by atoms with Crippen molar-refractivity contribution in [2.75, 3.05) is 20.3 Å². The summed E-state index contributed by atoms with van der Waals surface area (Å²) in [4.78, 5) is 0. The van der Waals surface area contributed by atoms with Crippen LogP contribution in [0.4, 0.5) is 8.78 Å². The summed E-state index contributed by atoms with van der Waals surface area (Å²) in [5.74, 6) is -0.0592. The number of methoxy groups -OCH3 is 1. The van der Waals surface area contributed by atoms with Gasteiger partial charge in [0.05, 0.1) is 24.3 Å². The highest BCUT2D eigenvalue weighted by Crippen LogP contribution is 2.26. The van der Waals surface area contributed by atoms with Gasteiger partial charge >= 0.3 is 6.61 Å². The highest BCUT2D eigenvalue weighted by molar-refractivity contribution is 6.32. The van der Waals surface area contributed by atoms with Gasteiger partial charge in [-0.05, 0) is 17.7 Å². The fraction of sp³-hybridized carbons (Fsp3) is 0.500. The Labute approximate surface area is 115 Å². The van der Waals surface area contributed by atoms with Crippen LogP contribution in [0.25, 0.3) is 0 Å². The fourth-order valence-electron chi connectivity index (χ4n) is 1.49. The first-order chi connectivity index (χ1) is 9.06. The van der Waals surface area contributed by atoms with Gasteiger partial charge in [-0.25, -0.2) is 0 Å². The summed E-state index contributed by atoms with van der Waals surface area (Å²) in [5.41, 5.74) is 0.793. The van der Waals surface area contributed by atoms with Crippen molar-refractivity contribution >= 4 is 11.6 Å². The van der Waals surface area contributed by atoms with Crippen LogP contribution in [-0.2, 0) is 11.3 Å². The molecule has 7 heteroatoms. The highest BCUT2D eigenvalue weighted by atomic mass is 35.5. The molecular weight excluding hydrogens is 280 g/mol. The molecule has 1 rings (SSSR count). The van der Waals surface area contributed by atoms with E-state index in [2.05, 4.69) is 10.1 Å². The van der Waals surface area contributed by atoms with Crippen LogP contribution in [0, 0.1) is 0 Å². The first kappa shape index (κ1) is 16.1. The van der Waals surface area contributed by atoms with Gasteiger partial charge in [0.25, 0.3) is 0 Å². The second-order valence-electron chi connectivity index (χ2n) is 3.86. The Balaban J connectivity index is 2.58. The topological polar surface area (TPSA) is 50.7 Å². The largest absolute Gasteiger partial charge is 0.433 e. The second-order valence-corrected chi connectivity index (χ2v) is 4.27. The van der Waals surface area contributed by atoms with Crippen LogP contribution in [0.3, 0.4) is 0 Å². The monoisotopic (exact) mass is 295 g/mol. The van der Waals surface area contributed by atoms with E-state index in [0.717, 1.165) is 5.56 Å². The molecule has 108 valence electrons. The van der Waals surface area contributed by atoms with Gasteiger partial charge in [0.15, 0.2) is 0 Å². The minimum absolute atomic E-state index is 0.0592. The van der Waals surface area contributed by atoms with Crippen molar-refractivity contribution in [3.63, 3.8) is 0 Å². The Morgan fingerprint density at radius 3 is 2.68 bits per heavy atom. The van der Waals surface area contributed by atoms with Crippen LogP contribution in [0.1, 0.15) is 5.56 Å². The maximum absolute atomic E-state index is 12.1. The number of ether oxygens (including phenoxy) is 2. The molecule has 0 aliphatic carbocycles. The molecule has 0 saturated carbocycles. The minimum atomic E-state index is -2.90. The van der Waals surface area contributed by atoms with Crippen LogP contribution in [-0.4, -0.2) is 38.1 Å². The van der Waals surface area contributed by atoms with Gasteiger partial charge < -0.3 is 19.9 Å². The zero-order valence-corrected chi connectivity index (χ0v) is 11.2. The summed E-state index contributed by atoms with van der Waals surface area (Å²) < 4.78 is 33.3. The van der Waals surface area contributed by atoms with E-state index in [0.29, 0.717) is 13.2 Å². The maximum Gasteiger partial charge on any atom is 0.387 e. The Bertz CT molecular complexity index is 393. The van der Waals surface area contributed by atoms with Crippen molar-refractivity contribution in [2.24, 2.45) is 0 Å². The van der Waals surface area contributed by atoms with Crippen LogP contribution in [0.5, 0.6) is 5.75 Å². The summed E-state index contributed by atoms with van der Waals surface area (Å²) >= 11 is 5.82. The number of halogens is 3. The zero-order chi connectivity index (χ0) is 14.3. The molecule has 4 nitrogen and oxygen atoms in total. The van der Waals surface area contributed by atoms with E-state index >= 15 is 0 Å². The van der Waals surface area contributed by atoms with Crippen molar-refractivity contribution in [3.8, 4) is 5.75 Å². The molecule has 1 aromatic rings. The first-order valence-electron chi connectivity index (χ1n) is 5.63. The molecule has 0 amide bonds. The van der Waals surface area contributed by atoms with E-state index in [-0.39, 0.29) is 23.4 Å². The standard InChI is InChI=1S/C12H16ClF2NO3/c1-18-7-9(6-17)16-5-8-2-3-11(10(13)4-8)19-12(14)15/h2-4,9,12,16-17H,5-7H2,1H3. The number of aliphatic hydroxyl groups is 1. The molecule has 0 fully saturated rings. The van der Waals surface area contributed by atoms with E-state index in [9.17, 15) is 8.78 Å². The van der Waals surface area contributed by atoms with Crippen molar-refractivity contribution in [1.82, 2.24) is 5.32 Å². The Kier molecular flexibility index (Phi) is 7.01. The molecule has 0 spiro atoms.